The third-order valence-electron chi connectivity index (χ3n) is 11.4. The summed E-state index contributed by atoms with van der Waals surface area (Å²) in [6, 6.07) is 43.5. The molecule has 5 aromatic carbocycles. The van der Waals surface area contributed by atoms with E-state index in [-0.39, 0.29) is 31.9 Å². The van der Waals surface area contributed by atoms with Crippen LogP contribution in [-0.2, 0) is 20.1 Å². The third-order valence-corrected chi connectivity index (χ3v) is 15.7. The summed E-state index contributed by atoms with van der Waals surface area (Å²) in [6.45, 7) is 13.5. The first-order valence-electron chi connectivity index (χ1n) is 22.8. The first-order chi connectivity index (χ1) is 30.4. The van der Waals surface area contributed by atoms with Crippen LogP contribution in [0, 0.1) is 25.9 Å². The van der Waals surface area contributed by atoms with Crippen molar-refractivity contribution in [2.24, 2.45) is 0 Å². The molecule has 5 nitrogen and oxygen atoms in total. The maximum Gasteiger partial charge on any atom is 0 e. The zero-order valence-corrected chi connectivity index (χ0v) is 41.8. The van der Waals surface area contributed by atoms with Crippen LogP contribution in [0.4, 0.5) is 0 Å². The number of benzene rings is 5. The smallest absolute Gasteiger partial charge is 0 e. The maximum atomic E-state index is 7.44. The Hall–Kier alpha value is -5.14. The number of nitrogens with zero attached hydrogens (tertiary/aromatic N) is 4. The van der Waals surface area contributed by atoms with Crippen molar-refractivity contribution in [3.05, 3.63) is 162 Å². The molecule has 0 N–H and O–H groups in total. The summed E-state index contributed by atoms with van der Waals surface area (Å²) in [5, 5.41) is 2.16. The average Bonchev–Trinajstić information content (AvgIpc) is 3.84. The van der Waals surface area contributed by atoms with E-state index in [1.165, 1.54) is 37.9 Å². The zero-order chi connectivity index (χ0) is 45.7. The molecule has 4 aromatic heterocycles. The standard InChI is InChI=1S/C37H32N3O.C18H24GeN.Ir/c1-22(2)30-19-26(25-12-7-6-8-13-25)20-31(23(3)4)35(30)40-33-18-24(5)38-21-32(33)39-37(40)29-16-11-15-28-27-14-9-10-17-34(27)41-36(28)29;1-13(2)16-11-18(15-9-7-14(3)8-10-15)20-12-17(16)19(4,5)6;/h6-15,17-23H,1-5H3;7-9,11-13H,1-6H3;/q2*-1;/i;3D3;. The molecule has 7 heteroatoms. The second-order valence-electron chi connectivity index (χ2n) is 18.0. The average molecular weight is 1060 g/mol. The van der Waals surface area contributed by atoms with Crippen molar-refractivity contribution in [2.75, 3.05) is 0 Å². The van der Waals surface area contributed by atoms with Crippen molar-refractivity contribution in [3.63, 3.8) is 0 Å². The first kappa shape index (κ1) is 40.9. The predicted octanol–water partition coefficient (Wildman–Crippen LogP) is 14.5. The Balaban J connectivity index is 0.000000225. The summed E-state index contributed by atoms with van der Waals surface area (Å²) in [5.74, 6) is 8.95. The van der Waals surface area contributed by atoms with E-state index in [9.17, 15) is 0 Å². The Morgan fingerprint density at radius 3 is 2.05 bits per heavy atom. The van der Waals surface area contributed by atoms with E-state index in [0.29, 0.717) is 11.5 Å². The number of aromatic nitrogens is 4. The van der Waals surface area contributed by atoms with Crippen molar-refractivity contribution >= 4 is 50.6 Å². The molecule has 4 heterocycles. The van der Waals surface area contributed by atoms with Crippen LogP contribution in [-0.4, -0.2) is 32.8 Å². The van der Waals surface area contributed by atoms with Gasteiger partial charge >= 0.3 is 130 Å². The van der Waals surface area contributed by atoms with Gasteiger partial charge in [0.2, 0.25) is 0 Å². The number of furan rings is 1. The number of hydrogen-bond donors (Lipinski definition) is 0. The fourth-order valence-corrected chi connectivity index (χ4v) is 11.8. The molecule has 0 bridgehead atoms. The fourth-order valence-electron chi connectivity index (χ4n) is 8.25. The molecule has 1 radical (unpaired) electrons. The molecule has 9 rings (SSSR count). The van der Waals surface area contributed by atoms with Gasteiger partial charge in [-0.3, -0.25) is 9.97 Å². The van der Waals surface area contributed by atoms with Gasteiger partial charge in [0.05, 0.1) is 28.6 Å². The van der Waals surface area contributed by atoms with Crippen molar-refractivity contribution in [1.29, 1.82) is 0 Å². The third kappa shape index (κ3) is 8.88. The quantitative estimate of drug-likeness (QED) is 0.112. The molecule has 317 valence electrons. The number of fused-ring (bicyclic) bond motifs is 4. The molecule has 0 atom stereocenters. The van der Waals surface area contributed by atoms with Crippen LogP contribution >= 0.6 is 0 Å². The van der Waals surface area contributed by atoms with Gasteiger partial charge in [-0.15, -0.1) is 18.2 Å². The number of hydrogen-bond acceptors (Lipinski definition) is 4. The van der Waals surface area contributed by atoms with Crippen molar-refractivity contribution < 1.29 is 28.6 Å². The SMILES string of the molecule is Cc1cc2c(cn1)nc(-c1[c-]ccc3c1oc1ccccc13)n2-c1c(C(C)C)cc(-c2ccccc2)cc1C(C)C.[2H]C([2H])([2H])c1c[c-]c(-c2cc(C(C)C)[c]([Ge]([CH3])([CH3])[CH3])cn2)cc1.[Ir]. The second kappa shape index (κ2) is 18.3. The number of aryl methyl sites for hydroxylation is 2. The van der Waals surface area contributed by atoms with E-state index < -0.39 is 20.1 Å². The van der Waals surface area contributed by atoms with Crippen LogP contribution in [0.2, 0.25) is 17.3 Å². The van der Waals surface area contributed by atoms with E-state index in [4.69, 9.17) is 13.5 Å². The van der Waals surface area contributed by atoms with E-state index in [1.54, 1.807) is 18.2 Å². The van der Waals surface area contributed by atoms with E-state index in [2.05, 4.69) is 158 Å². The van der Waals surface area contributed by atoms with Crippen LogP contribution in [0.5, 0.6) is 0 Å². The topological polar surface area (TPSA) is 56.7 Å². The molecular formula is C55H56GeIrN4O-2. The molecule has 9 aromatic rings. The Kier molecular flexibility index (Phi) is 12.1. The molecule has 62 heavy (non-hydrogen) atoms. The minimum Gasteiger partial charge on any atom is 0 e. The van der Waals surface area contributed by atoms with Gasteiger partial charge in [-0.25, -0.2) is 0 Å². The summed E-state index contributed by atoms with van der Waals surface area (Å²) in [4.78, 5) is 14.4. The molecule has 0 saturated heterocycles. The minimum absolute atomic E-state index is 0. The van der Waals surface area contributed by atoms with E-state index >= 15 is 0 Å². The van der Waals surface area contributed by atoms with E-state index in [1.807, 2.05) is 37.5 Å². The predicted molar refractivity (Wildman–Crippen MR) is 259 cm³/mol. The Bertz CT molecular complexity index is 3100. The summed E-state index contributed by atoms with van der Waals surface area (Å²) < 4.78 is 32.6. The van der Waals surface area contributed by atoms with Gasteiger partial charge in [0.15, 0.2) is 0 Å². The van der Waals surface area contributed by atoms with Gasteiger partial charge in [0, 0.05) is 36.9 Å². The molecule has 0 aliphatic carbocycles. The molecule has 0 aliphatic rings. The van der Waals surface area contributed by atoms with Crippen molar-refractivity contribution in [3.8, 4) is 39.5 Å². The second-order valence-corrected chi connectivity index (χ2v) is 28.6. The van der Waals surface area contributed by atoms with Gasteiger partial charge in [0.1, 0.15) is 5.58 Å². The molecule has 0 fully saturated rings. The van der Waals surface area contributed by atoms with Crippen molar-refractivity contribution in [2.45, 2.75) is 90.3 Å². The van der Waals surface area contributed by atoms with Crippen LogP contribution in [0.3, 0.4) is 0 Å². The first-order valence-corrected chi connectivity index (χ1v) is 28.7. The number of pyridine rings is 2. The van der Waals surface area contributed by atoms with Crippen LogP contribution in [0.15, 0.2) is 126 Å². The van der Waals surface area contributed by atoms with Gasteiger partial charge in [-0.05, 0) is 65.3 Å². The largest absolute Gasteiger partial charge is 0 e. The fraction of sp³-hybridized carbons (Fsp3) is 0.255. The van der Waals surface area contributed by atoms with Gasteiger partial charge in [-0.2, -0.15) is 0 Å². The molecule has 0 aliphatic heterocycles. The van der Waals surface area contributed by atoms with Crippen molar-refractivity contribution in [1.82, 2.24) is 19.5 Å². The normalized spacial score (nSPS) is 12.7. The molecule has 0 spiro atoms. The molecule has 0 unspecified atom stereocenters. The zero-order valence-electron chi connectivity index (χ0n) is 40.3. The van der Waals surface area contributed by atoms with Gasteiger partial charge in [-0.1, -0.05) is 87.2 Å². The molecular weight excluding hydrogens is 997 g/mol. The van der Waals surface area contributed by atoms with Gasteiger partial charge < -0.3 is 8.98 Å². The van der Waals surface area contributed by atoms with Crippen LogP contribution < -0.4 is 4.40 Å². The minimum atomic E-state index is -2.09. The Morgan fingerprint density at radius 1 is 0.710 bits per heavy atom. The Morgan fingerprint density at radius 2 is 1.40 bits per heavy atom. The number of rotatable bonds is 8. The number of para-hydroxylation sites is 1. The van der Waals surface area contributed by atoms with Crippen LogP contribution in [0.25, 0.3) is 72.4 Å². The molecule has 0 amide bonds. The number of imidazole rings is 1. The van der Waals surface area contributed by atoms with Gasteiger partial charge in [0.25, 0.3) is 0 Å². The molecule has 0 saturated carbocycles. The summed E-state index contributed by atoms with van der Waals surface area (Å²) in [5.41, 5.74) is 14.9. The summed E-state index contributed by atoms with van der Waals surface area (Å²) in [7, 11) is 0. The summed E-state index contributed by atoms with van der Waals surface area (Å²) >= 11 is -1.97. The maximum absolute atomic E-state index is 7.44. The van der Waals surface area contributed by atoms with Crippen LogP contribution in [0.1, 0.15) is 91.4 Å². The summed E-state index contributed by atoms with van der Waals surface area (Å²) in [6.07, 6.45) is 3.90. The monoisotopic (exact) mass is 1060 g/mol. The van der Waals surface area contributed by atoms with E-state index in [0.717, 1.165) is 61.3 Å². The Labute approximate surface area is 388 Å².